The van der Waals surface area contributed by atoms with Crippen LogP contribution in [0.25, 0.3) is 0 Å². The Bertz CT molecular complexity index is 394. The first-order valence-electron chi connectivity index (χ1n) is 5.76. The van der Waals surface area contributed by atoms with Crippen LogP contribution in [0.5, 0.6) is 0 Å². The van der Waals surface area contributed by atoms with Crippen molar-refractivity contribution >= 4 is 17.2 Å². The molecule has 1 aromatic heterocycles. The van der Waals surface area contributed by atoms with Gasteiger partial charge in [0.25, 0.3) is 5.91 Å². The molecule has 0 aliphatic carbocycles. The molecule has 1 aromatic rings. The van der Waals surface area contributed by atoms with E-state index in [-0.39, 0.29) is 12.0 Å². The summed E-state index contributed by atoms with van der Waals surface area (Å²) >= 11 is 1.50. The van der Waals surface area contributed by atoms with E-state index < -0.39 is 0 Å². The van der Waals surface area contributed by atoms with Crippen LogP contribution in [-0.2, 0) is 11.2 Å². The van der Waals surface area contributed by atoms with Gasteiger partial charge in [-0.25, -0.2) is 4.98 Å². The molecule has 0 spiro atoms. The quantitative estimate of drug-likeness (QED) is 0.854. The second-order valence-corrected chi connectivity index (χ2v) is 5.04. The van der Waals surface area contributed by atoms with E-state index in [0.29, 0.717) is 31.9 Å². The van der Waals surface area contributed by atoms with Gasteiger partial charge < -0.3 is 15.4 Å². The molecule has 0 aromatic carbocycles. The summed E-state index contributed by atoms with van der Waals surface area (Å²) in [5.74, 6) is -0.000304. The number of carbonyl (C=O) groups is 1. The van der Waals surface area contributed by atoms with E-state index in [1.807, 2.05) is 12.3 Å². The van der Waals surface area contributed by atoms with Gasteiger partial charge in [-0.3, -0.25) is 4.79 Å². The monoisotopic (exact) mass is 255 g/mol. The highest BCUT2D eigenvalue weighted by atomic mass is 32.1. The number of nitrogens with zero attached hydrogens (tertiary/aromatic N) is 2. The molecule has 1 fully saturated rings. The normalized spacial score (nSPS) is 20.6. The lowest BCUT2D eigenvalue weighted by atomic mass is 10.3. The minimum atomic E-state index is -0.000304. The molecule has 1 aliphatic heterocycles. The Balaban J connectivity index is 2.02. The van der Waals surface area contributed by atoms with Crippen LogP contribution < -0.4 is 5.73 Å². The average molecular weight is 255 g/mol. The van der Waals surface area contributed by atoms with Crippen molar-refractivity contribution in [1.82, 2.24) is 9.88 Å². The van der Waals surface area contributed by atoms with Gasteiger partial charge in [0.15, 0.2) is 0 Å². The molecule has 0 saturated carbocycles. The number of ether oxygens (including phenoxy) is 1. The first kappa shape index (κ1) is 12.5. The Morgan fingerprint density at radius 3 is 3.29 bits per heavy atom. The second-order valence-electron chi connectivity index (χ2n) is 4.10. The van der Waals surface area contributed by atoms with Crippen LogP contribution in [-0.4, -0.2) is 48.1 Å². The van der Waals surface area contributed by atoms with Crippen LogP contribution in [0.3, 0.4) is 0 Å². The van der Waals surface area contributed by atoms with Crippen LogP contribution in [0.4, 0.5) is 0 Å². The number of amides is 1. The van der Waals surface area contributed by atoms with Crippen molar-refractivity contribution in [2.45, 2.75) is 19.4 Å². The Kier molecular flexibility index (Phi) is 4.09. The molecule has 0 radical (unpaired) electrons. The largest absolute Gasteiger partial charge is 0.375 e. The number of hydrogen-bond acceptors (Lipinski definition) is 5. The molecule has 5 nitrogen and oxygen atoms in total. The van der Waals surface area contributed by atoms with E-state index in [0.717, 1.165) is 11.4 Å². The van der Waals surface area contributed by atoms with Crippen molar-refractivity contribution in [3.8, 4) is 0 Å². The highest BCUT2D eigenvalue weighted by molar-refractivity contribution is 7.09. The Labute approximate surface area is 105 Å². The van der Waals surface area contributed by atoms with Crippen LogP contribution in [0.1, 0.15) is 22.4 Å². The second kappa shape index (κ2) is 5.57. The number of thiazole rings is 1. The highest BCUT2D eigenvalue weighted by Gasteiger charge is 2.23. The summed E-state index contributed by atoms with van der Waals surface area (Å²) in [6.07, 6.45) is 0.840. The van der Waals surface area contributed by atoms with E-state index >= 15 is 0 Å². The fourth-order valence-corrected chi connectivity index (χ4v) is 2.60. The summed E-state index contributed by atoms with van der Waals surface area (Å²) in [7, 11) is 0. The zero-order chi connectivity index (χ0) is 12.3. The standard InChI is InChI=1S/C11H17N3O2S/c1-8-6-14(4-5-16-8)11(15)9-7-17-10(13-9)2-3-12/h7-8H,2-6,12H2,1H3. The molecule has 2 N–H and O–H groups in total. The lowest BCUT2D eigenvalue weighted by molar-refractivity contribution is -0.0126. The molecule has 6 heteroatoms. The summed E-state index contributed by atoms with van der Waals surface area (Å²) in [4.78, 5) is 18.3. The third-order valence-corrected chi connectivity index (χ3v) is 3.57. The van der Waals surface area contributed by atoms with Crippen molar-refractivity contribution in [2.24, 2.45) is 5.73 Å². The molecule has 2 heterocycles. The number of carbonyl (C=O) groups excluding carboxylic acids is 1. The minimum absolute atomic E-state index is 0.000304. The maximum atomic E-state index is 12.1. The molecular weight excluding hydrogens is 238 g/mol. The SMILES string of the molecule is CC1CN(C(=O)c2csc(CCN)n2)CCO1. The Hall–Kier alpha value is -0.980. The number of aromatic nitrogens is 1. The van der Waals surface area contributed by atoms with Gasteiger partial charge in [-0.05, 0) is 13.5 Å². The zero-order valence-corrected chi connectivity index (χ0v) is 10.7. The van der Waals surface area contributed by atoms with Gasteiger partial charge in [0.2, 0.25) is 0 Å². The number of hydrogen-bond donors (Lipinski definition) is 1. The van der Waals surface area contributed by atoms with E-state index in [9.17, 15) is 4.79 Å². The van der Waals surface area contributed by atoms with Crippen LogP contribution >= 0.6 is 11.3 Å². The van der Waals surface area contributed by atoms with E-state index in [1.165, 1.54) is 11.3 Å². The van der Waals surface area contributed by atoms with Gasteiger partial charge in [0.1, 0.15) is 5.69 Å². The first-order chi connectivity index (χ1) is 8.20. The molecule has 2 rings (SSSR count). The van der Waals surface area contributed by atoms with E-state index in [4.69, 9.17) is 10.5 Å². The minimum Gasteiger partial charge on any atom is -0.375 e. The van der Waals surface area contributed by atoms with Gasteiger partial charge in [-0.15, -0.1) is 11.3 Å². The molecular formula is C11H17N3O2S. The van der Waals surface area contributed by atoms with Crippen LogP contribution in [0.15, 0.2) is 5.38 Å². The zero-order valence-electron chi connectivity index (χ0n) is 9.89. The topological polar surface area (TPSA) is 68.5 Å². The molecule has 17 heavy (non-hydrogen) atoms. The van der Waals surface area contributed by atoms with Gasteiger partial charge in [0, 0.05) is 24.9 Å². The summed E-state index contributed by atoms with van der Waals surface area (Å²) in [6, 6.07) is 0. The number of nitrogens with two attached hydrogens (primary N) is 1. The lowest BCUT2D eigenvalue weighted by Gasteiger charge is -2.30. The summed E-state index contributed by atoms with van der Waals surface area (Å²) in [6.45, 7) is 4.43. The fraction of sp³-hybridized carbons (Fsp3) is 0.636. The van der Waals surface area contributed by atoms with Crippen molar-refractivity contribution in [3.63, 3.8) is 0 Å². The molecule has 1 saturated heterocycles. The highest BCUT2D eigenvalue weighted by Crippen LogP contribution is 2.14. The predicted molar refractivity (Wildman–Crippen MR) is 66.2 cm³/mol. The Morgan fingerprint density at radius 1 is 1.76 bits per heavy atom. The van der Waals surface area contributed by atoms with Crippen molar-refractivity contribution in [3.05, 3.63) is 16.1 Å². The van der Waals surface area contributed by atoms with Crippen molar-refractivity contribution < 1.29 is 9.53 Å². The van der Waals surface area contributed by atoms with Gasteiger partial charge in [-0.2, -0.15) is 0 Å². The first-order valence-corrected chi connectivity index (χ1v) is 6.64. The van der Waals surface area contributed by atoms with E-state index in [1.54, 1.807) is 4.90 Å². The molecule has 0 bridgehead atoms. The molecule has 1 amide bonds. The van der Waals surface area contributed by atoms with Crippen molar-refractivity contribution in [1.29, 1.82) is 0 Å². The predicted octanol–water partition coefficient (Wildman–Crippen LogP) is 0.505. The smallest absolute Gasteiger partial charge is 0.273 e. The molecule has 1 atom stereocenters. The summed E-state index contributed by atoms with van der Waals surface area (Å²) in [5, 5.41) is 2.74. The van der Waals surface area contributed by atoms with E-state index in [2.05, 4.69) is 4.98 Å². The average Bonchev–Trinajstić information content (AvgIpc) is 2.77. The van der Waals surface area contributed by atoms with Gasteiger partial charge in [-0.1, -0.05) is 0 Å². The third-order valence-electron chi connectivity index (χ3n) is 2.66. The summed E-state index contributed by atoms with van der Waals surface area (Å²) < 4.78 is 5.41. The number of morpholine rings is 1. The van der Waals surface area contributed by atoms with Gasteiger partial charge in [0.05, 0.1) is 17.7 Å². The Morgan fingerprint density at radius 2 is 2.59 bits per heavy atom. The molecule has 94 valence electrons. The maximum absolute atomic E-state index is 12.1. The third kappa shape index (κ3) is 3.02. The van der Waals surface area contributed by atoms with Gasteiger partial charge >= 0.3 is 0 Å². The molecule has 1 aliphatic rings. The maximum Gasteiger partial charge on any atom is 0.273 e. The lowest BCUT2D eigenvalue weighted by Crippen LogP contribution is -2.44. The summed E-state index contributed by atoms with van der Waals surface area (Å²) in [5.41, 5.74) is 6.00. The number of rotatable bonds is 3. The van der Waals surface area contributed by atoms with Crippen LogP contribution in [0, 0.1) is 0 Å². The fourth-order valence-electron chi connectivity index (χ4n) is 1.81. The molecule has 1 unspecified atom stereocenters. The van der Waals surface area contributed by atoms with Crippen LogP contribution in [0.2, 0.25) is 0 Å². The van der Waals surface area contributed by atoms with Crippen molar-refractivity contribution in [2.75, 3.05) is 26.2 Å².